The SMILES string of the molecule is C.CCc1nc2c(cnn2CC)c(NC2CCOCC2)c1CNC(=O)c1cccc(C(=O)NCc2ccc(OC)c(Br)c2)n1.CCc1nc2c(cnn2CC)c(NC2CCOCC2)c1CNC(=O)c1cccc(C(=O)O)n1.COc1ccc(CN)cc1Br.Cl. The van der Waals surface area contributed by atoms with E-state index in [2.05, 4.69) is 85.5 Å². The third kappa shape index (κ3) is 18.0. The number of anilines is 2. The highest BCUT2D eigenvalue weighted by atomic mass is 79.9. The molecule has 0 saturated carbocycles. The van der Waals surface area contributed by atoms with Gasteiger partial charge in [0, 0.05) is 100 Å². The number of carboxylic acid groups (broad SMARTS) is 1. The van der Waals surface area contributed by atoms with Crippen LogP contribution in [0.1, 0.15) is 136 Å². The number of aromatic carboxylic acids is 1. The van der Waals surface area contributed by atoms with Gasteiger partial charge in [-0.1, -0.05) is 45.5 Å². The van der Waals surface area contributed by atoms with Crippen LogP contribution in [-0.2, 0) is 61.6 Å². The lowest BCUT2D eigenvalue weighted by molar-refractivity contribution is 0.0689. The Balaban J connectivity index is 0.000000242. The molecule has 10 rings (SSSR count). The third-order valence-electron chi connectivity index (χ3n) is 14.7. The number of nitrogens with zero attached hydrogens (tertiary/aromatic N) is 8. The maximum atomic E-state index is 13.3. The molecule has 8 N–H and O–H groups in total. The first-order chi connectivity index (χ1) is 42.2. The van der Waals surface area contributed by atoms with Crippen LogP contribution in [0.5, 0.6) is 11.5 Å². The standard InChI is InChI=1S/C31H36BrN7O4.C23H28N6O4.C8H10BrNO.CH4.ClH/c1-4-24-21(28(36-20-11-13-43-14-12-20)22-18-35-39(5-2)29(22)38-24)17-34-31(41)26-8-6-7-25(37-26)30(40)33-16-19-9-10-27(42-3)23(32)15-19;1-3-17-15(12-24-22(30)18-6-5-7-19(27-18)23(31)32)20(26-14-8-10-33-11-9-14)16-13-25-29(4-2)21(16)28-17;1-11-8-3-2-6(5-10)4-7(8)9;;/h6-10,15,18,20H,4-5,11-14,16-17H2,1-3H3,(H,33,40)(H,34,41)(H,36,38);5-7,13-14H,3-4,8-12H2,1-2H3,(H,24,30)(H,26,28)(H,31,32);2-4H,5,10H2,1H3;1H4;1H. The molecular formula is C63H79Br2ClN14O9. The zero-order chi connectivity index (χ0) is 62.0. The van der Waals surface area contributed by atoms with Crippen LogP contribution in [0.2, 0.25) is 0 Å². The van der Waals surface area contributed by atoms with Crippen molar-refractivity contribution in [2.75, 3.05) is 51.3 Å². The predicted molar refractivity (Wildman–Crippen MR) is 352 cm³/mol. The molecule has 2 fully saturated rings. The van der Waals surface area contributed by atoms with Gasteiger partial charge in [0.2, 0.25) is 0 Å². The molecule has 26 heteroatoms. The summed E-state index contributed by atoms with van der Waals surface area (Å²) in [5.74, 6) is -0.829. The lowest BCUT2D eigenvalue weighted by atomic mass is 10.0. The van der Waals surface area contributed by atoms with E-state index in [1.807, 2.05) is 78.9 Å². The van der Waals surface area contributed by atoms with Gasteiger partial charge in [0.1, 0.15) is 34.3 Å². The van der Waals surface area contributed by atoms with Crippen LogP contribution in [0, 0.1) is 0 Å². The molecule has 0 spiro atoms. The first-order valence-corrected chi connectivity index (χ1v) is 30.6. The monoisotopic (exact) mass is 1370 g/mol. The van der Waals surface area contributed by atoms with E-state index >= 15 is 0 Å². The van der Waals surface area contributed by atoms with Gasteiger partial charge in [0.05, 0.1) is 57.7 Å². The van der Waals surface area contributed by atoms with E-state index in [0.717, 1.165) is 107 Å². The Hall–Kier alpha value is -7.81. The third-order valence-corrected chi connectivity index (χ3v) is 16.0. The van der Waals surface area contributed by atoms with Crippen LogP contribution in [0.25, 0.3) is 22.1 Å². The van der Waals surface area contributed by atoms with Crippen LogP contribution >= 0.6 is 44.3 Å². The van der Waals surface area contributed by atoms with E-state index in [-0.39, 0.29) is 79.6 Å². The van der Waals surface area contributed by atoms with Gasteiger partial charge in [-0.05, 0) is 144 Å². The number of aromatic nitrogens is 8. The summed E-state index contributed by atoms with van der Waals surface area (Å²) in [4.78, 5) is 68.2. The van der Waals surface area contributed by atoms with Crippen LogP contribution < -0.4 is 41.8 Å². The number of benzene rings is 2. The van der Waals surface area contributed by atoms with Crippen LogP contribution in [-0.4, -0.2) is 121 Å². The Kier molecular flexibility index (Phi) is 27.0. The van der Waals surface area contributed by atoms with Crippen molar-refractivity contribution in [2.24, 2.45) is 5.73 Å². The van der Waals surface area contributed by atoms with Gasteiger partial charge in [0.15, 0.2) is 11.3 Å². The van der Waals surface area contributed by atoms with Crippen molar-refractivity contribution in [1.29, 1.82) is 0 Å². The average Bonchev–Trinajstić information content (AvgIpc) is 1.81. The van der Waals surface area contributed by atoms with Crippen molar-refractivity contribution >= 4 is 101 Å². The van der Waals surface area contributed by atoms with Gasteiger partial charge in [-0.3, -0.25) is 14.4 Å². The fraction of sp³-hybridized carbons (Fsp3) is 0.397. The minimum Gasteiger partial charge on any atom is -0.496 e. The van der Waals surface area contributed by atoms with E-state index in [9.17, 15) is 19.2 Å². The zero-order valence-corrected chi connectivity index (χ0v) is 54.1. The molecule has 23 nitrogen and oxygen atoms in total. The molecule has 2 saturated heterocycles. The molecule has 0 aliphatic carbocycles. The molecule has 2 aliphatic heterocycles. The Morgan fingerprint density at radius 3 is 1.37 bits per heavy atom. The summed E-state index contributed by atoms with van der Waals surface area (Å²) in [6.07, 6.45) is 8.61. The van der Waals surface area contributed by atoms with Crippen molar-refractivity contribution in [3.05, 3.63) is 151 Å². The number of carboxylic acids is 1. The molecule has 476 valence electrons. The summed E-state index contributed by atoms with van der Waals surface area (Å²) >= 11 is 6.83. The normalized spacial score (nSPS) is 13.1. The van der Waals surface area contributed by atoms with Crippen LogP contribution in [0.15, 0.2) is 94.1 Å². The first kappa shape index (κ1) is 70.3. The number of carbonyl (C=O) groups excluding carboxylic acids is 3. The maximum absolute atomic E-state index is 13.3. The van der Waals surface area contributed by atoms with Gasteiger partial charge in [-0.2, -0.15) is 10.2 Å². The number of ether oxygens (including phenoxy) is 4. The van der Waals surface area contributed by atoms with E-state index < -0.39 is 11.9 Å². The average molecular weight is 1370 g/mol. The quantitative estimate of drug-likeness (QED) is 0.0352. The van der Waals surface area contributed by atoms with Crippen molar-refractivity contribution in [3.8, 4) is 11.5 Å². The number of methoxy groups -OCH3 is 2. The molecule has 6 aromatic heterocycles. The highest BCUT2D eigenvalue weighted by Gasteiger charge is 2.25. The van der Waals surface area contributed by atoms with E-state index in [4.69, 9.17) is 39.8 Å². The second-order valence-corrected chi connectivity index (χ2v) is 22.0. The summed E-state index contributed by atoms with van der Waals surface area (Å²) < 4.78 is 26.9. The second kappa shape index (κ2) is 34.2. The maximum Gasteiger partial charge on any atom is 0.354 e. The van der Waals surface area contributed by atoms with E-state index in [1.54, 1.807) is 32.4 Å². The topological polar surface area (TPSA) is 299 Å². The number of carbonyl (C=O) groups is 4. The van der Waals surface area contributed by atoms with Gasteiger partial charge in [-0.15, -0.1) is 12.4 Å². The Bertz CT molecular complexity index is 3710. The summed E-state index contributed by atoms with van der Waals surface area (Å²) in [7, 11) is 3.24. The molecule has 2 aromatic carbocycles. The van der Waals surface area contributed by atoms with E-state index in [0.29, 0.717) is 71.2 Å². The molecule has 0 bridgehead atoms. The molecule has 0 radical (unpaired) electrons. The second-order valence-electron chi connectivity index (χ2n) is 20.3. The molecule has 3 amide bonds. The highest BCUT2D eigenvalue weighted by molar-refractivity contribution is 9.11. The molecule has 0 atom stereocenters. The Labute approximate surface area is 541 Å². The molecule has 8 heterocycles. The number of pyridine rings is 4. The van der Waals surface area contributed by atoms with Crippen LogP contribution in [0.3, 0.4) is 0 Å². The Morgan fingerprint density at radius 1 is 0.596 bits per heavy atom. The Morgan fingerprint density at radius 2 is 0.989 bits per heavy atom. The fourth-order valence-corrected chi connectivity index (χ4v) is 11.2. The number of nitrogens with one attached hydrogen (secondary N) is 5. The van der Waals surface area contributed by atoms with Crippen molar-refractivity contribution < 1.29 is 43.2 Å². The molecule has 89 heavy (non-hydrogen) atoms. The van der Waals surface area contributed by atoms with Crippen LogP contribution in [0.4, 0.5) is 11.4 Å². The number of nitrogens with two attached hydrogens (primary N) is 1. The summed E-state index contributed by atoms with van der Waals surface area (Å²) in [5, 5.41) is 36.2. The number of halogens is 3. The number of aryl methyl sites for hydroxylation is 4. The van der Waals surface area contributed by atoms with Gasteiger partial charge >= 0.3 is 5.97 Å². The van der Waals surface area contributed by atoms with Crippen molar-refractivity contribution in [2.45, 2.75) is 125 Å². The fourth-order valence-electron chi connectivity index (χ4n) is 10.0. The number of amides is 3. The summed E-state index contributed by atoms with van der Waals surface area (Å²) in [5.41, 5.74) is 14.7. The number of hydrogen-bond donors (Lipinski definition) is 7. The lowest BCUT2D eigenvalue weighted by Gasteiger charge is -2.26. The summed E-state index contributed by atoms with van der Waals surface area (Å²) in [6, 6.07) is 21.1. The first-order valence-electron chi connectivity index (χ1n) is 29.0. The predicted octanol–water partition coefficient (Wildman–Crippen LogP) is 10.2. The smallest absolute Gasteiger partial charge is 0.354 e. The lowest BCUT2D eigenvalue weighted by Crippen LogP contribution is -2.30. The molecule has 8 aromatic rings. The molecule has 2 aliphatic rings. The van der Waals surface area contributed by atoms with Gasteiger partial charge < -0.3 is 56.4 Å². The zero-order valence-electron chi connectivity index (χ0n) is 50.1. The molecule has 0 unspecified atom stereocenters. The minimum absolute atomic E-state index is 0. The van der Waals surface area contributed by atoms with Crippen molar-refractivity contribution in [1.82, 2.24) is 55.4 Å². The molecular weight excluding hydrogens is 1290 g/mol. The number of hydrogen-bond acceptors (Lipinski definition) is 17. The van der Waals surface area contributed by atoms with Crippen molar-refractivity contribution in [3.63, 3.8) is 0 Å². The minimum atomic E-state index is -1.18. The number of fused-ring (bicyclic) bond motifs is 2. The largest absolute Gasteiger partial charge is 0.496 e. The van der Waals surface area contributed by atoms with E-state index in [1.165, 1.54) is 18.2 Å². The summed E-state index contributed by atoms with van der Waals surface area (Å²) in [6.45, 7) is 13.7. The number of rotatable bonds is 21. The van der Waals surface area contributed by atoms with Gasteiger partial charge in [-0.25, -0.2) is 34.1 Å². The highest BCUT2D eigenvalue weighted by Crippen LogP contribution is 2.34. The van der Waals surface area contributed by atoms with Gasteiger partial charge in [0.25, 0.3) is 17.7 Å².